The normalized spacial score (nSPS) is 9.81. The number of rotatable bonds is 3. The predicted octanol–water partition coefficient (Wildman–Crippen LogP) is 1.70. The van der Waals surface area contributed by atoms with Gasteiger partial charge in [0.2, 0.25) is 0 Å². The van der Waals surface area contributed by atoms with Crippen molar-refractivity contribution in [2.45, 2.75) is 0 Å². The van der Waals surface area contributed by atoms with E-state index in [1.54, 1.807) is 13.1 Å². The molecule has 16 heavy (non-hydrogen) atoms. The largest absolute Gasteiger partial charge is 0.374 e. The molecule has 0 radical (unpaired) electrons. The SMILES string of the molecule is CNc1cc(C(=O)Nc2ccccc2)n[nH]1. The molecule has 5 nitrogen and oxygen atoms in total. The summed E-state index contributed by atoms with van der Waals surface area (Å²) in [5, 5.41) is 12.2. The highest BCUT2D eigenvalue weighted by molar-refractivity contribution is 6.03. The Hall–Kier alpha value is -2.30. The summed E-state index contributed by atoms with van der Waals surface area (Å²) in [6.45, 7) is 0. The molecule has 1 aromatic carbocycles. The molecule has 0 saturated carbocycles. The van der Waals surface area contributed by atoms with Crippen LogP contribution < -0.4 is 10.6 Å². The fourth-order valence-electron chi connectivity index (χ4n) is 1.28. The number of H-pyrrole nitrogens is 1. The van der Waals surface area contributed by atoms with Gasteiger partial charge in [-0.3, -0.25) is 9.89 Å². The lowest BCUT2D eigenvalue weighted by Crippen LogP contribution is -2.12. The molecule has 0 aliphatic rings. The van der Waals surface area contributed by atoms with Gasteiger partial charge in [-0.05, 0) is 12.1 Å². The van der Waals surface area contributed by atoms with Crippen molar-refractivity contribution in [1.82, 2.24) is 10.2 Å². The Balaban J connectivity index is 2.09. The number of amides is 1. The van der Waals surface area contributed by atoms with Crippen molar-refractivity contribution in [2.24, 2.45) is 0 Å². The molecule has 1 aromatic heterocycles. The first-order valence-corrected chi connectivity index (χ1v) is 4.89. The van der Waals surface area contributed by atoms with E-state index in [1.165, 1.54) is 0 Å². The molecule has 2 aromatic rings. The van der Waals surface area contributed by atoms with Gasteiger partial charge in [0, 0.05) is 18.8 Å². The smallest absolute Gasteiger partial charge is 0.276 e. The maximum absolute atomic E-state index is 11.7. The second-order valence-electron chi connectivity index (χ2n) is 3.24. The van der Waals surface area contributed by atoms with Crippen LogP contribution in [0.3, 0.4) is 0 Å². The van der Waals surface area contributed by atoms with Crippen molar-refractivity contribution in [2.75, 3.05) is 17.7 Å². The van der Waals surface area contributed by atoms with Crippen LogP contribution in [0.2, 0.25) is 0 Å². The highest BCUT2D eigenvalue weighted by Crippen LogP contribution is 2.09. The van der Waals surface area contributed by atoms with Crippen LogP contribution in [-0.4, -0.2) is 23.2 Å². The molecule has 1 amide bonds. The first kappa shape index (κ1) is 10.2. The molecule has 2 rings (SSSR count). The summed E-state index contributed by atoms with van der Waals surface area (Å²) in [4.78, 5) is 11.7. The molecule has 0 bridgehead atoms. The van der Waals surface area contributed by atoms with E-state index in [-0.39, 0.29) is 5.91 Å². The first-order valence-electron chi connectivity index (χ1n) is 4.89. The fraction of sp³-hybridized carbons (Fsp3) is 0.0909. The minimum absolute atomic E-state index is 0.232. The Labute approximate surface area is 92.9 Å². The Kier molecular flexibility index (Phi) is 2.86. The first-order chi connectivity index (χ1) is 7.79. The van der Waals surface area contributed by atoms with E-state index in [4.69, 9.17) is 0 Å². The standard InChI is InChI=1S/C11H12N4O/c1-12-10-7-9(14-15-10)11(16)13-8-5-3-2-4-6-8/h2-7H,1H3,(H,13,16)(H2,12,14,15). The van der Waals surface area contributed by atoms with Crippen molar-refractivity contribution in [3.63, 3.8) is 0 Å². The topological polar surface area (TPSA) is 69.8 Å². The number of carbonyl (C=O) groups excluding carboxylic acids is 1. The zero-order chi connectivity index (χ0) is 11.4. The third-order valence-electron chi connectivity index (χ3n) is 2.11. The van der Waals surface area contributed by atoms with Gasteiger partial charge in [0.1, 0.15) is 5.82 Å². The third kappa shape index (κ3) is 2.20. The quantitative estimate of drug-likeness (QED) is 0.731. The van der Waals surface area contributed by atoms with Gasteiger partial charge in [-0.15, -0.1) is 0 Å². The maximum Gasteiger partial charge on any atom is 0.276 e. The summed E-state index contributed by atoms with van der Waals surface area (Å²) in [5.74, 6) is 0.474. The van der Waals surface area contributed by atoms with Crippen molar-refractivity contribution in [1.29, 1.82) is 0 Å². The van der Waals surface area contributed by atoms with Crippen molar-refractivity contribution >= 4 is 17.4 Å². The number of nitrogens with zero attached hydrogens (tertiary/aromatic N) is 1. The van der Waals surface area contributed by atoms with E-state index in [0.717, 1.165) is 5.69 Å². The molecule has 0 aliphatic heterocycles. The van der Waals surface area contributed by atoms with Gasteiger partial charge in [-0.2, -0.15) is 5.10 Å². The molecule has 3 N–H and O–H groups in total. The van der Waals surface area contributed by atoms with Gasteiger partial charge in [0.25, 0.3) is 5.91 Å². The number of carbonyl (C=O) groups is 1. The van der Waals surface area contributed by atoms with Crippen LogP contribution in [0.4, 0.5) is 11.5 Å². The minimum atomic E-state index is -0.232. The van der Waals surface area contributed by atoms with E-state index in [0.29, 0.717) is 11.5 Å². The van der Waals surface area contributed by atoms with Crippen molar-refractivity contribution in [3.8, 4) is 0 Å². The molecule has 5 heteroatoms. The van der Waals surface area contributed by atoms with Gasteiger partial charge in [0.05, 0.1) is 0 Å². The number of hydrogen-bond donors (Lipinski definition) is 3. The van der Waals surface area contributed by atoms with E-state index >= 15 is 0 Å². The number of nitrogens with one attached hydrogen (secondary N) is 3. The molecule has 1 heterocycles. The Morgan fingerprint density at radius 2 is 2.06 bits per heavy atom. The Morgan fingerprint density at radius 1 is 1.31 bits per heavy atom. The van der Waals surface area contributed by atoms with Crippen molar-refractivity contribution < 1.29 is 4.79 Å². The number of para-hydroxylation sites is 1. The van der Waals surface area contributed by atoms with Crippen LogP contribution >= 0.6 is 0 Å². The van der Waals surface area contributed by atoms with Crippen LogP contribution in [0.15, 0.2) is 36.4 Å². The second kappa shape index (κ2) is 4.48. The lowest BCUT2D eigenvalue weighted by molar-refractivity contribution is 0.102. The van der Waals surface area contributed by atoms with Gasteiger partial charge in [-0.25, -0.2) is 0 Å². The average molecular weight is 216 g/mol. The highest BCUT2D eigenvalue weighted by atomic mass is 16.1. The lowest BCUT2D eigenvalue weighted by atomic mass is 10.3. The number of aromatic amines is 1. The zero-order valence-electron chi connectivity index (χ0n) is 8.82. The fourth-order valence-corrected chi connectivity index (χ4v) is 1.28. The zero-order valence-corrected chi connectivity index (χ0v) is 8.82. The Bertz CT molecular complexity index is 478. The van der Waals surface area contributed by atoms with Crippen LogP contribution in [-0.2, 0) is 0 Å². The molecule has 0 spiro atoms. The van der Waals surface area contributed by atoms with Crippen molar-refractivity contribution in [3.05, 3.63) is 42.1 Å². The van der Waals surface area contributed by atoms with Gasteiger partial charge in [0.15, 0.2) is 5.69 Å². The molecule has 0 atom stereocenters. The molecule has 0 saturated heterocycles. The van der Waals surface area contributed by atoms with Crippen LogP contribution in [0, 0.1) is 0 Å². The summed E-state index contributed by atoms with van der Waals surface area (Å²) in [6, 6.07) is 10.9. The van der Waals surface area contributed by atoms with E-state index in [9.17, 15) is 4.79 Å². The predicted molar refractivity (Wildman–Crippen MR) is 62.5 cm³/mol. The number of anilines is 2. The minimum Gasteiger partial charge on any atom is -0.374 e. The summed E-state index contributed by atoms with van der Waals surface area (Å²) in [6.07, 6.45) is 0. The molecule has 82 valence electrons. The van der Waals surface area contributed by atoms with E-state index in [2.05, 4.69) is 20.8 Å². The third-order valence-corrected chi connectivity index (χ3v) is 2.11. The number of benzene rings is 1. The number of hydrogen-bond acceptors (Lipinski definition) is 3. The second-order valence-corrected chi connectivity index (χ2v) is 3.24. The average Bonchev–Trinajstić information content (AvgIpc) is 2.79. The summed E-state index contributed by atoms with van der Waals surface area (Å²) in [7, 11) is 1.76. The van der Waals surface area contributed by atoms with E-state index < -0.39 is 0 Å². The Morgan fingerprint density at radius 3 is 2.69 bits per heavy atom. The van der Waals surface area contributed by atoms with Crippen LogP contribution in [0.25, 0.3) is 0 Å². The summed E-state index contributed by atoms with van der Waals surface area (Å²) in [5.41, 5.74) is 1.11. The van der Waals surface area contributed by atoms with Crippen LogP contribution in [0.1, 0.15) is 10.5 Å². The highest BCUT2D eigenvalue weighted by Gasteiger charge is 2.09. The van der Waals surface area contributed by atoms with Gasteiger partial charge in [-0.1, -0.05) is 18.2 Å². The molecule has 0 fully saturated rings. The lowest BCUT2D eigenvalue weighted by Gasteiger charge is -2.01. The molecular weight excluding hydrogens is 204 g/mol. The number of aromatic nitrogens is 2. The van der Waals surface area contributed by atoms with Gasteiger partial charge < -0.3 is 10.6 Å². The molecule has 0 aliphatic carbocycles. The van der Waals surface area contributed by atoms with Crippen LogP contribution in [0.5, 0.6) is 0 Å². The molecular formula is C11H12N4O. The summed E-state index contributed by atoms with van der Waals surface area (Å²) < 4.78 is 0. The van der Waals surface area contributed by atoms with Gasteiger partial charge >= 0.3 is 0 Å². The molecule has 0 unspecified atom stereocenters. The maximum atomic E-state index is 11.7. The monoisotopic (exact) mass is 216 g/mol. The summed E-state index contributed by atoms with van der Waals surface area (Å²) >= 11 is 0. The van der Waals surface area contributed by atoms with E-state index in [1.807, 2.05) is 30.3 Å².